The van der Waals surface area contributed by atoms with Gasteiger partial charge in [-0.3, -0.25) is 9.69 Å². The van der Waals surface area contributed by atoms with E-state index < -0.39 is 0 Å². The van der Waals surface area contributed by atoms with Gasteiger partial charge >= 0.3 is 0 Å². The lowest BCUT2D eigenvalue weighted by molar-refractivity contribution is -0.137. The minimum absolute atomic E-state index is 0.103. The molecule has 1 aliphatic heterocycles. The summed E-state index contributed by atoms with van der Waals surface area (Å²) < 4.78 is 0. The highest BCUT2D eigenvalue weighted by molar-refractivity contribution is 5.83. The highest BCUT2D eigenvalue weighted by Crippen LogP contribution is 2.24. The van der Waals surface area contributed by atoms with Crippen LogP contribution in [0, 0.1) is 24.2 Å². The molecule has 1 aromatic carbocycles. The molecule has 1 aliphatic rings. The summed E-state index contributed by atoms with van der Waals surface area (Å²) in [6.07, 6.45) is 1.58. The summed E-state index contributed by atoms with van der Waals surface area (Å²) in [6.45, 7) is 3.42. The van der Waals surface area contributed by atoms with E-state index in [-0.39, 0.29) is 17.9 Å². The SMILES string of the molecule is Cc1ccc([C@H](C(=O)N2CCC(C#N)CC2)N(C)C)cc1. The Bertz CT molecular complexity index is 522. The van der Waals surface area contributed by atoms with Crippen molar-refractivity contribution < 1.29 is 4.79 Å². The van der Waals surface area contributed by atoms with Crippen LogP contribution in [0.2, 0.25) is 0 Å². The van der Waals surface area contributed by atoms with Crippen LogP contribution in [0.4, 0.5) is 0 Å². The minimum atomic E-state index is -0.246. The van der Waals surface area contributed by atoms with Gasteiger partial charge in [-0.1, -0.05) is 29.8 Å². The van der Waals surface area contributed by atoms with E-state index in [9.17, 15) is 4.79 Å². The van der Waals surface area contributed by atoms with E-state index >= 15 is 0 Å². The summed E-state index contributed by atoms with van der Waals surface area (Å²) in [4.78, 5) is 16.7. The molecule has 0 aromatic heterocycles. The fourth-order valence-corrected chi connectivity index (χ4v) is 2.81. The fourth-order valence-electron chi connectivity index (χ4n) is 2.81. The van der Waals surface area contributed by atoms with Crippen LogP contribution in [-0.2, 0) is 4.79 Å². The third-order valence-corrected chi connectivity index (χ3v) is 4.13. The Morgan fingerprint density at radius 1 is 1.29 bits per heavy atom. The maximum absolute atomic E-state index is 12.8. The standard InChI is InChI=1S/C17H23N3O/c1-13-4-6-15(7-5-13)16(19(2)3)17(21)20-10-8-14(12-18)9-11-20/h4-7,14,16H,8-11H2,1-3H3/t16-/m1/s1. The monoisotopic (exact) mass is 285 g/mol. The van der Waals surface area contributed by atoms with Crippen LogP contribution in [0.15, 0.2) is 24.3 Å². The molecule has 0 radical (unpaired) electrons. The predicted molar refractivity (Wildman–Crippen MR) is 82.5 cm³/mol. The van der Waals surface area contributed by atoms with Gasteiger partial charge in [0.05, 0.1) is 6.07 Å². The van der Waals surface area contributed by atoms with Crippen molar-refractivity contribution in [2.24, 2.45) is 5.92 Å². The number of hydrogen-bond donors (Lipinski definition) is 0. The summed E-state index contributed by atoms with van der Waals surface area (Å²) in [5.74, 6) is 0.242. The number of nitrogens with zero attached hydrogens (tertiary/aromatic N) is 3. The third kappa shape index (κ3) is 3.62. The van der Waals surface area contributed by atoms with Gasteiger partial charge in [0.15, 0.2) is 0 Å². The van der Waals surface area contributed by atoms with Gasteiger partial charge in [-0.15, -0.1) is 0 Å². The van der Waals surface area contributed by atoms with Crippen LogP contribution < -0.4 is 0 Å². The van der Waals surface area contributed by atoms with Gasteiger partial charge in [-0.2, -0.15) is 5.26 Å². The second kappa shape index (κ2) is 6.73. The average Bonchev–Trinajstić information content (AvgIpc) is 2.49. The minimum Gasteiger partial charge on any atom is -0.341 e. The first kappa shape index (κ1) is 15.5. The lowest BCUT2D eigenvalue weighted by atomic mass is 9.96. The number of piperidine rings is 1. The van der Waals surface area contributed by atoms with Crippen molar-refractivity contribution in [3.63, 3.8) is 0 Å². The van der Waals surface area contributed by atoms with Gasteiger partial charge in [0, 0.05) is 19.0 Å². The summed E-state index contributed by atoms with van der Waals surface area (Å²) in [6, 6.07) is 10.2. The Labute approximate surface area is 127 Å². The molecule has 0 saturated carbocycles. The van der Waals surface area contributed by atoms with E-state index in [1.165, 1.54) is 5.56 Å². The molecule has 4 heteroatoms. The molecule has 0 bridgehead atoms. The van der Waals surface area contributed by atoms with Crippen LogP contribution in [0.5, 0.6) is 0 Å². The third-order valence-electron chi connectivity index (χ3n) is 4.13. The number of aryl methyl sites for hydroxylation is 1. The van der Waals surface area contributed by atoms with Crippen molar-refractivity contribution in [1.29, 1.82) is 5.26 Å². The topological polar surface area (TPSA) is 47.3 Å². The molecule has 1 heterocycles. The number of benzene rings is 1. The number of likely N-dealkylation sites (tertiary alicyclic amines) is 1. The second-order valence-corrected chi connectivity index (χ2v) is 6.01. The van der Waals surface area contributed by atoms with E-state index in [0.717, 1.165) is 18.4 Å². The first-order valence-electron chi connectivity index (χ1n) is 7.44. The maximum atomic E-state index is 12.8. The molecular weight excluding hydrogens is 262 g/mol. The van der Waals surface area contributed by atoms with E-state index in [1.807, 2.05) is 55.1 Å². The molecule has 21 heavy (non-hydrogen) atoms. The van der Waals surface area contributed by atoms with Gasteiger partial charge in [0.1, 0.15) is 6.04 Å². The molecule has 1 fully saturated rings. The Morgan fingerprint density at radius 3 is 2.33 bits per heavy atom. The lowest BCUT2D eigenvalue weighted by Gasteiger charge is -2.34. The lowest BCUT2D eigenvalue weighted by Crippen LogP contribution is -2.44. The smallest absolute Gasteiger partial charge is 0.244 e. The molecule has 1 atom stereocenters. The van der Waals surface area contributed by atoms with Crippen molar-refractivity contribution in [2.45, 2.75) is 25.8 Å². The van der Waals surface area contributed by atoms with Crippen molar-refractivity contribution >= 4 is 5.91 Å². The zero-order chi connectivity index (χ0) is 15.4. The van der Waals surface area contributed by atoms with Gasteiger partial charge in [0.25, 0.3) is 0 Å². The summed E-state index contributed by atoms with van der Waals surface area (Å²) in [5.41, 5.74) is 2.22. The van der Waals surface area contributed by atoms with Crippen molar-refractivity contribution in [2.75, 3.05) is 27.2 Å². The molecule has 1 saturated heterocycles. The van der Waals surface area contributed by atoms with Crippen LogP contribution in [-0.4, -0.2) is 42.9 Å². The van der Waals surface area contributed by atoms with Crippen LogP contribution in [0.25, 0.3) is 0 Å². The highest BCUT2D eigenvalue weighted by Gasteiger charge is 2.30. The van der Waals surface area contributed by atoms with Crippen LogP contribution in [0.1, 0.15) is 30.0 Å². The molecule has 2 rings (SSSR count). The van der Waals surface area contributed by atoms with Gasteiger partial charge in [-0.25, -0.2) is 0 Å². The van der Waals surface area contributed by atoms with E-state index in [2.05, 4.69) is 6.07 Å². The Morgan fingerprint density at radius 2 is 1.86 bits per heavy atom. The number of nitriles is 1. The van der Waals surface area contributed by atoms with Crippen molar-refractivity contribution in [1.82, 2.24) is 9.80 Å². The van der Waals surface area contributed by atoms with E-state index in [4.69, 9.17) is 5.26 Å². The molecule has 0 aliphatic carbocycles. The summed E-state index contributed by atoms with van der Waals surface area (Å²) in [5, 5.41) is 8.96. The van der Waals surface area contributed by atoms with Crippen LogP contribution >= 0.6 is 0 Å². The first-order valence-corrected chi connectivity index (χ1v) is 7.44. The average molecular weight is 285 g/mol. The molecule has 1 aromatic rings. The predicted octanol–water partition coefficient (Wildman–Crippen LogP) is 2.36. The quantitative estimate of drug-likeness (QED) is 0.856. The summed E-state index contributed by atoms with van der Waals surface area (Å²) >= 11 is 0. The molecule has 0 unspecified atom stereocenters. The van der Waals surface area contributed by atoms with Gasteiger partial charge in [-0.05, 0) is 39.4 Å². The number of hydrogen-bond acceptors (Lipinski definition) is 3. The van der Waals surface area contributed by atoms with E-state index in [1.54, 1.807) is 0 Å². The zero-order valence-corrected chi connectivity index (χ0v) is 13.0. The number of rotatable bonds is 3. The number of carbonyl (C=O) groups is 1. The molecular formula is C17H23N3O. The number of likely N-dealkylation sites (N-methyl/N-ethyl adjacent to an activating group) is 1. The zero-order valence-electron chi connectivity index (χ0n) is 13.0. The fraction of sp³-hybridized carbons (Fsp3) is 0.529. The Kier molecular flexibility index (Phi) is 4.98. The molecule has 4 nitrogen and oxygen atoms in total. The number of amides is 1. The van der Waals surface area contributed by atoms with Gasteiger partial charge in [0.2, 0.25) is 5.91 Å². The van der Waals surface area contributed by atoms with Crippen LogP contribution in [0.3, 0.4) is 0 Å². The summed E-state index contributed by atoms with van der Waals surface area (Å²) in [7, 11) is 3.87. The largest absolute Gasteiger partial charge is 0.341 e. The molecule has 0 N–H and O–H groups in total. The second-order valence-electron chi connectivity index (χ2n) is 6.01. The van der Waals surface area contributed by atoms with Crippen molar-refractivity contribution in [3.05, 3.63) is 35.4 Å². The number of carbonyl (C=O) groups excluding carboxylic acids is 1. The van der Waals surface area contributed by atoms with Crippen molar-refractivity contribution in [3.8, 4) is 6.07 Å². The Balaban J connectivity index is 2.13. The first-order chi connectivity index (χ1) is 10.0. The molecule has 1 amide bonds. The van der Waals surface area contributed by atoms with Gasteiger partial charge < -0.3 is 4.90 Å². The highest BCUT2D eigenvalue weighted by atomic mass is 16.2. The van der Waals surface area contributed by atoms with E-state index in [0.29, 0.717) is 13.1 Å². The maximum Gasteiger partial charge on any atom is 0.244 e. The normalized spacial score (nSPS) is 17.6. The molecule has 112 valence electrons. The molecule has 0 spiro atoms. The Hall–Kier alpha value is -1.86.